The summed E-state index contributed by atoms with van der Waals surface area (Å²) in [6.07, 6.45) is -2.85. The maximum atomic E-state index is 12.9. The van der Waals surface area contributed by atoms with Crippen LogP contribution in [0.2, 0.25) is 0 Å². The van der Waals surface area contributed by atoms with E-state index in [1.807, 2.05) is 7.05 Å². The molecular formula is C17H17F3N6O. The standard InChI is InChI=1S/C17H17F3N6O/c1-25-8-6-21-10-14(25)15-22-16(27-24-15)13-5-7-26(23-13)12-4-2-3-11(9-12)17(18,19)20/h2-5,7,9,14,21H,6,8,10H2,1H3. The molecule has 1 aliphatic heterocycles. The molecular weight excluding hydrogens is 361 g/mol. The van der Waals surface area contributed by atoms with Gasteiger partial charge >= 0.3 is 6.18 Å². The number of hydrogen-bond acceptors (Lipinski definition) is 6. The number of alkyl halides is 3. The predicted octanol–water partition coefficient (Wildman–Crippen LogP) is 2.52. The van der Waals surface area contributed by atoms with Gasteiger partial charge in [0.15, 0.2) is 11.5 Å². The zero-order valence-corrected chi connectivity index (χ0v) is 14.4. The van der Waals surface area contributed by atoms with Gasteiger partial charge in [0.25, 0.3) is 5.89 Å². The number of piperazine rings is 1. The highest BCUT2D eigenvalue weighted by Gasteiger charge is 2.30. The first kappa shape index (κ1) is 17.7. The lowest BCUT2D eigenvalue weighted by Gasteiger charge is -2.30. The summed E-state index contributed by atoms with van der Waals surface area (Å²) in [7, 11) is 1.99. The summed E-state index contributed by atoms with van der Waals surface area (Å²) in [5.41, 5.74) is -0.0328. The van der Waals surface area contributed by atoms with Gasteiger partial charge in [-0.2, -0.15) is 23.3 Å². The first-order valence-corrected chi connectivity index (χ1v) is 8.40. The van der Waals surface area contributed by atoms with Crippen molar-refractivity contribution in [3.05, 3.63) is 47.9 Å². The molecule has 0 amide bonds. The molecule has 142 valence electrons. The highest BCUT2D eigenvalue weighted by atomic mass is 19.4. The number of likely N-dealkylation sites (N-methyl/N-ethyl adjacent to an activating group) is 1. The average molecular weight is 378 g/mol. The van der Waals surface area contributed by atoms with Crippen LogP contribution in [0.25, 0.3) is 17.3 Å². The van der Waals surface area contributed by atoms with Crippen molar-refractivity contribution in [3.63, 3.8) is 0 Å². The highest BCUT2D eigenvalue weighted by molar-refractivity contribution is 5.47. The molecule has 0 radical (unpaired) electrons. The normalized spacial score (nSPS) is 18.7. The molecule has 27 heavy (non-hydrogen) atoms. The van der Waals surface area contributed by atoms with E-state index in [4.69, 9.17) is 4.52 Å². The molecule has 1 N–H and O–H groups in total. The summed E-state index contributed by atoms with van der Waals surface area (Å²) in [4.78, 5) is 6.53. The molecule has 1 atom stereocenters. The van der Waals surface area contributed by atoms with E-state index in [-0.39, 0.29) is 11.9 Å². The van der Waals surface area contributed by atoms with Crippen molar-refractivity contribution in [2.75, 3.05) is 26.7 Å². The summed E-state index contributed by atoms with van der Waals surface area (Å²) in [6.45, 7) is 2.49. The largest absolute Gasteiger partial charge is 0.416 e. The van der Waals surface area contributed by atoms with E-state index < -0.39 is 11.7 Å². The van der Waals surface area contributed by atoms with Gasteiger partial charge in [-0.15, -0.1) is 0 Å². The zero-order valence-electron chi connectivity index (χ0n) is 14.4. The number of rotatable bonds is 3. The fourth-order valence-corrected chi connectivity index (χ4v) is 2.98. The second-order valence-corrected chi connectivity index (χ2v) is 6.35. The summed E-state index contributed by atoms with van der Waals surface area (Å²) < 4.78 is 45.3. The molecule has 2 aromatic heterocycles. The van der Waals surface area contributed by atoms with Gasteiger partial charge in [0.2, 0.25) is 0 Å². The molecule has 1 aliphatic rings. The Hall–Kier alpha value is -2.72. The quantitative estimate of drug-likeness (QED) is 0.755. The van der Waals surface area contributed by atoms with E-state index in [0.29, 0.717) is 23.8 Å². The monoisotopic (exact) mass is 378 g/mol. The fourth-order valence-electron chi connectivity index (χ4n) is 2.98. The van der Waals surface area contributed by atoms with Gasteiger partial charge in [-0.05, 0) is 31.3 Å². The van der Waals surface area contributed by atoms with E-state index >= 15 is 0 Å². The topological polar surface area (TPSA) is 72.0 Å². The third kappa shape index (κ3) is 3.58. The van der Waals surface area contributed by atoms with Crippen molar-refractivity contribution < 1.29 is 17.7 Å². The minimum absolute atomic E-state index is 0.00167. The van der Waals surface area contributed by atoms with Crippen LogP contribution in [-0.2, 0) is 6.18 Å². The van der Waals surface area contributed by atoms with E-state index in [0.717, 1.165) is 25.2 Å². The molecule has 1 saturated heterocycles. The molecule has 1 aromatic carbocycles. The van der Waals surface area contributed by atoms with Crippen molar-refractivity contribution in [1.29, 1.82) is 0 Å². The van der Waals surface area contributed by atoms with E-state index in [9.17, 15) is 13.2 Å². The summed E-state index contributed by atoms with van der Waals surface area (Å²) in [5, 5.41) is 11.6. The van der Waals surface area contributed by atoms with Crippen LogP contribution >= 0.6 is 0 Å². The third-order valence-electron chi connectivity index (χ3n) is 4.50. The number of aromatic nitrogens is 4. The van der Waals surface area contributed by atoms with Crippen molar-refractivity contribution >= 4 is 0 Å². The molecule has 1 fully saturated rings. The van der Waals surface area contributed by atoms with Crippen molar-refractivity contribution in [2.45, 2.75) is 12.2 Å². The van der Waals surface area contributed by atoms with Crippen LogP contribution in [0.1, 0.15) is 17.4 Å². The van der Waals surface area contributed by atoms with Gasteiger partial charge < -0.3 is 9.84 Å². The van der Waals surface area contributed by atoms with Gasteiger partial charge in [0.05, 0.1) is 17.3 Å². The molecule has 0 saturated carbocycles. The van der Waals surface area contributed by atoms with Gasteiger partial charge in [-0.3, -0.25) is 4.90 Å². The first-order chi connectivity index (χ1) is 12.9. The lowest BCUT2D eigenvalue weighted by molar-refractivity contribution is -0.137. The number of nitrogens with zero attached hydrogens (tertiary/aromatic N) is 5. The zero-order chi connectivity index (χ0) is 19.0. The predicted molar refractivity (Wildman–Crippen MR) is 90.1 cm³/mol. The Labute approximate surface area is 152 Å². The van der Waals surface area contributed by atoms with Crippen LogP contribution in [0.15, 0.2) is 41.1 Å². The second kappa shape index (κ2) is 6.78. The second-order valence-electron chi connectivity index (χ2n) is 6.35. The smallest absolute Gasteiger partial charge is 0.332 e. The highest BCUT2D eigenvalue weighted by Crippen LogP contribution is 2.30. The molecule has 0 bridgehead atoms. The Kier molecular flexibility index (Phi) is 4.44. The lowest BCUT2D eigenvalue weighted by Crippen LogP contribution is -2.44. The van der Waals surface area contributed by atoms with Crippen LogP contribution < -0.4 is 5.32 Å². The van der Waals surface area contributed by atoms with Crippen molar-refractivity contribution in [1.82, 2.24) is 30.1 Å². The summed E-state index contributed by atoms with van der Waals surface area (Å²) in [5.74, 6) is 0.781. The Morgan fingerprint density at radius 1 is 1.26 bits per heavy atom. The average Bonchev–Trinajstić information content (AvgIpc) is 3.31. The maximum Gasteiger partial charge on any atom is 0.416 e. The SMILES string of the molecule is CN1CCNCC1c1noc(-c2ccn(-c3cccc(C(F)(F)F)c3)n2)n1. The minimum atomic E-state index is -4.41. The molecule has 4 rings (SSSR count). The molecule has 7 nitrogen and oxygen atoms in total. The Morgan fingerprint density at radius 2 is 2.11 bits per heavy atom. The first-order valence-electron chi connectivity index (χ1n) is 8.40. The van der Waals surface area contributed by atoms with Gasteiger partial charge in [0, 0.05) is 25.8 Å². The molecule has 10 heteroatoms. The molecule has 1 unspecified atom stereocenters. The van der Waals surface area contributed by atoms with Crippen molar-refractivity contribution in [2.24, 2.45) is 0 Å². The van der Waals surface area contributed by atoms with Crippen LogP contribution in [0.4, 0.5) is 13.2 Å². The number of nitrogens with one attached hydrogen (secondary N) is 1. The van der Waals surface area contributed by atoms with Gasteiger partial charge in [0.1, 0.15) is 0 Å². The molecule has 0 aliphatic carbocycles. The molecule has 3 aromatic rings. The minimum Gasteiger partial charge on any atom is -0.332 e. The van der Waals surface area contributed by atoms with Crippen LogP contribution in [-0.4, -0.2) is 51.5 Å². The van der Waals surface area contributed by atoms with Crippen molar-refractivity contribution in [3.8, 4) is 17.3 Å². The Bertz CT molecular complexity index is 935. The molecule has 0 spiro atoms. The Morgan fingerprint density at radius 3 is 2.89 bits per heavy atom. The van der Waals surface area contributed by atoms with Crippen LogP contribution in [0, 0.1) is 0 Å². The van der Waals surface area contributed by atoms with Gasteiger partial charge in [-0.1, -0.05) is 11.2 Å². The fraction of sp³-hybridized carbons (Fsp3) is 0.353. The van der Waals surface area contributed by atoms with E-state index in [2.05, 4.69) is 25.5 Å². The van der Waals surface area contributed by atoms with Crippen LogP contribution in [0.5, 0.6) is 0 Å². The maximum absolute atomic E-state index is 12.9. The number of halogens is 3. The summed E-state index contributed by atoms with van der Waals surface area (Å²) in [6, 6.07) is 6.58. The van der Waals surface area contributed by atoms with Crippen LogP contribution in [0.3, 0.4) is 0 Å². The third-order valence-corrected chi connectivity index (χ3v) is 4.50. The lowest BCUT2D eigenvalue weighted by atomic mass is 10.2. The van der Waals surface area contributed by atoms with Gasteiger partial charge in [-0.25, -0.2) is 4.68 Å². The number of hydrogen-bond donors (Lipinski definition) is 1. The Balaban J connectivity index is 1.58. The number of benzene rings is 1. The van der Waals surface area contributed by atoms with E-state index in [1.165, 1.54) is 10.7 Å². The van der Waals surface area contributed by atoms with E-state index in [1.54, 1.807) is 18.3 Å². The molecule has 3 heterocycles. The summed E-state index contributed by atoms with van der Waals surface area (Å²) >= 11 is 0.